The SMILES string of the molecule is Cc1cc(C(=O)NC(C)(C)COc2cccc3c2C(N)=NSN3)cc(=O)[nH]1. The molecular formula is C18H21N5O3S. The maximum atomic E-state index is 12.5. The summed E-state index contributed by atoms with van der Waals surface area (Å²) in [4.78, 5) is 26.7. The van der Waals surface area contributed by atoms with Gasteiger partial charge in [0.15, 0.2) is 0 Å². The molecule has 1 aromatic carbocycles. The van der Waals surface area contributed by atoms with Gasteiger partial charge in [-0.05, 0) is 39.0 Å². The number of H-pyrrole nitrogens is 1. The van der Waals surface area contributed by atoms with Crippen molar-refractivity contribution in [2.24, 2.45) is 10.1 Å². The molecule has 3 rings (SSSR count). The summed E-state index contributed by atoms with van der Waals surface area (Å²) in [5.74, 6) is 0.619. The van der Waals surface area contributed by atoms with Gasteiger partial charge in [0.2, 0.25) is 5.56 Å². The van der Waals surface area contributed by atoms with Gasteiger partial charge in [-0.2, -0.15) is 4.40 Å². The summed E-state index contributed by atoms with van der Waals surface area (Å²) in [6, 6.07) is 8.44. The van der Waals surface area contributed by atoms with E-state index in [0.29, 0.717) is 28.4 Å². The quantitative estimate of drug-likeness (QED) is 0.582. The number of nitrogens with zero attached hydrogens (tertiary/aromatic N) is 1. The second-order valence-corrected chi connectivity index (χ2v) is 7.46. The van der Waals surface area contributed by atoms with E-state index in [1.807, 2.05) is 26.0 Å². The Morgan fingerprint density at radius 2 is 2.15 bits per heavy atom. The number of aromatic nitrogens is 1. The largest absolute Gasteiger partial charge is 0.490 e. The molecule has 0 unspecified atom stereocenters. The molecule has 27 heavy (non-hydrogen) atoms. The molecular weight excluding hydrogens is 366 g/mol. The molecule has 0 fully saturated rings. The first kappa shape index (κ1) is 18.8. The third-order valence-electron chi connectivity index (χ3n) is 3.86. The maximum Gasteiger partial charge on any atom is 0.252 e. The van der Waals surface area contributed by atoms with Crippen LogP contribution in [0.3, 0.4) is 0 Å². The fraction of sp³-hybridized carbons (Fsp3) is 0.278. The minimum atomic E-state index is -0.681. The Balaban J connectivity index is 1.72. The Morgan fingerprint density at radius 3 is 2.89 bits per heavy atom. The normalized spacial score (nSPS) is 13.2. The van der Waals surface area contributed by atoms with E-state index in [2.05, 4.69) is 19.4 Å². The highest BCUT2D eigenvalue weighted by molar-refractivity contribution is 7.99. The highest BCUT2D eigenvalue weighted by Gasteiger charge is 2.24. The average molecular weight is 387 g/mol. The number of pyridine rings is 1. The van der Waals surface area contributed by atoms with Crippen LogP contribution in [-0.4, -0.2) is 28.9 Å². The molecule has 2 heterocycles. The number of hydrogen-bond donors (Lipinski definition) is 4. The topological polar surface area (TPSA) is 122 Å². The number of aromatic amines is 1. The number of fused-ring (bicyclic) bond motifs is 1. The Kier molecular flexibility index (Phi) is 5.13. The molecule has 142 valence electrons. The van der Waals surface area contributed by atoms with E-state index in [1.54, 1.807) is 19.1 Å². The van der Waals surface area contributed by atoms with Crippen LogP contribution in [0.4, 0.5) is 5.69 Å². The number of benzene rings is 1. The fourth-order valence-electron chi connectivity index (χ4n) is 2.65. The van der Waals surface area contributed by atoms with E-state index in [9.17, 15) is 9.59 Å². The standard InChI is InChI=1S/C18H21N5O3S/c1-10-7-11(8-14(24)20-10)17(25)21-18(2,3)9-26-13-6-4-5-12-15(13)16(19)23-27-22-12/h4-8,22H,9H2,1-3H3,(H2,19,23)(H,20,24)(H,21,25). The maximum absolute atomic E-state index is 12.5. The highest BCUT2D eigenvalue weighted by Crippen LogP contribution is 2.32. The van der Waals surface area contributed by atoms with Crippen LogP contribution >= 0.6 is 12.1 Å². The minimum absolute atomic E-state index is 0.206. The van der Waals surface area contributed by atoms with Crippen LogP contribution in [0.1, 0.15) is 35.5 Å². The average Bonchev–Trinajstić information content (AvgIpc) is 2.59. The van der Waals surface area contributed by atoms with E-state index < -0.39 is 5.54 Å². The molecule has 1 amide bonds. The number of aryl methyl sites for hydroxylation is 1. The minimum Gasteiger partial charge on any atom is -0.490 e. The first-order valence-corrected chi connectivity index (χ1v) is 9.08. The van der Waals surface area contributed by atoms with Gasteiger partial charge in [-0.25, -0.2) is 0 Å². The highest BCUT2D eigenvalue weighted by atomic mass is 32.2. The third kappa shape index (κ3) is 4.43. The molecule has 8 nitrogen and oxygen atoms in total. The fourth-order valence-corrected chi connectivity index (χ4v) is 3.16. The van der Waals surface area contributed by atoms with Crippen LogP contribution in [0.2, 0.25) is 0 Å². The molecule has 0 aliphatic carbocycles. The van der Waals surface area contributed by atoms with Crippen molar-refractivity contribution >= 4 is 29.6 Å². The summed E-state index contributed by atoms with van der Waals surface area (Å²) in [7, 11) is 0. The van der Waals surface area contributed by atoms with E-state index in [0.717, 1.165) is 17.8 Å². The van der Waals surface area contributed by atoms with Gasteiger partial charge in [0, 0.05) is 17.3 Å². The zero-order valence-corrected chi connectivity index (χ0v) is 16.1. The molecule has 0 bridgehead atoms. The Hall–Kier alpha value is -2.94. The number of nitrogens with two attached hydrogens (primary N) is 1. The number of rotatable bonds is 5. The number of hydrogen-bond acceptors (Lipinski definition) is 7. The van der Waals surface area contributed by atoms with Crippen molar-refractivity contribution in [3.8, 4) is 5.75 Å². The Labute approximate surface area is 160 Å². The Bertz CT molecular complexity index is 968. The van der Waals surface area contributed by atoms with Crippen molar-refractivity contribution in [3.63, 3.8) is 0 Å². The molecule has 9 heteroatoms. The molecule has 0 spiro atoms. The van der Waals surface area contributed by atoms with Gasteiger partial charge in [-0.15, -0.1) is 0 Å². The lowest BCUT2D eigenvalue weighted by molar-refractivity contribution is 0.0880. The predicted octanol–water partition coefficient (Wildman–Crippen LogP) is 1.96. The van der Waals surface area contributed by atoms with E-state index in [1.165, 1.54) is 6.07 Å². The van der Waals surface area contributed by atoms with Gasteiger partial charge in [0.1, 0.15) is 18.2 Å². The summed E-state index contributed by atoms with van der Waals surface area (Å²) in [6.07, 6.45) is 0. The van der Waals surface area contributed by atoms with Crippen LogP contribution < -0.4 is 26.1 Å². The summed E-state index contributed by atoms with van der Waals surface area (Å²) < 4.78 is 13.1. The van der Waals surface area contributed by atoms with E-state index in [-0.39, 0.29) is 18.1 Å². The lowest BCUT2D eigenvalue weighted by Gasteiger charge is -2.27. The molecule has 0 radical (unpaired) electrons. The van der Waals surface area contributed by atoms with Gasteiger partial charge in [-0.1, -0.05) is 6.07 Å². The second-order valence-electron chi connectivity index (χ2n) is 6.89. The number of carbonyl (C=O) groups is 1. The van der Waals surface area contributed by atoms with Crippen LogP contribution in [0.25, 0.3) is 0 Å². The smallest absolute Gasteiger partial charge is 0.252 e. The van der Waals surface area contributed by atoms with Crippen LogP contribution in [0.15, 0.2) is 39.5 Å². The first-order chi connectivity index (χ1) is 12.7. The van der Waals surface area contributed by atoms with Crippen LogP contribution in [-0.2, 0) is 0 Å². The van der Waals surface area contributed by atoms with Gasteiger partial charge < -0.3 is 25.5 Å². The molecule has 0 atom stereocenters. The van der Waals surface area contributed by atoms with Crippen LogP contribution in [0, 0.1) is 6.92 Å². The van der Waals surface area contributed by atoms with Crippen molar-refractivity contribution in [1.82, 2.24) is 10.3 Å². The summed E-state index contributed by atoms with van der Waals surface area (Å²) >= 11 is 1.16. The van der Waals surface area contributed by atoms with Crippen molar-refractivity contribution in [3.05, 3.63) is 57.5 Å². The van der Waals surface area contributed by atoms with E-state index in [4.69, 9.17) is 10.5 Å². The van der Waals surface area contributed by atoms with Crippen LogP contribution in [0.5, 0.6) is 5.75 Å². The number of amides is 1. The Morgan fingerprint density at radius 1 is 1.37 bits per heavy atom. The molecule has 5 N–H and O–H groups in total. The van der Waals surface area contributed by atoms with Gasteiger partial charge in [0.05, 0.1) is 28.9 Å². The summed E-state index contributed by atoms with van der Waals surface area (Å²) in [6.45, 7) is 5.61. The monoisotopic (exact) mass is 387 g/mol. The van der Waals surface area contributed by atoms with Crippen molar-refractivity contribution in [1.29, 1.82) is 0 Å². The predicted molar refractivity (Wildman–Crippen MR) is 107 cm³/mol. The van der Waals surface area contributed by atoms with Crippen molar-refractivity contribution in [2.75, 3.05) is 11.3 Å². The zero-order valence-electron chi connectivity index (χ0n) is 15.3. The molecule has 0 saturated heterocycles. The van der Waals surface area contributed by atoms with Gasteiger partial charge >= 0.3 is 0 Å². The molecule has 2 aromatic rings. The number of amidine groups is 1. The lowest BCUT2D eigenvalue weighted by Crippen LogP contribution is -2.48. The summed E-state index contributed by atoms with van der Waals surface area (Å²) in [5.41, 5.74) is 7.43. The molecule has 1 aromatic heterocycles. The zero-order chi connectivity index (χ0) is 19.6. The first-order valence-electron chi connectivity index (χ1n) is 8.30. The third-order valence-corrected chi connectivity index (χ3v) is 4.46. The number of ether oxygens (including phenoxy) is 1. The molecule has 1 aliphatic heterocycles. The second kappa shape index (κ2) is 7.36. The van der Waals surface area contributed by atoms with Gasteiger partial charge in [-0.3, -0.25) is 9.59 Å². The van der Waals surface area contributed by atoms with Crippen molar-refractivity contribution in [2.45, 2.75) is 26.3 Å². The number of carbonyl (C=O) groups excluding carboxylic acids is 1. The lowest BCUT2D eigenvalue weighted by atomic mass is 10.1. The van der Waals surface area contributed by atoms with E-state index >= 15 is 0 Å². The van der Waals surface area contributed by atoms with Crippen molar-refractivity contribution < 1.29 is 9.53 Å². The number of anilines is 1. The van der Waals surface area contributed by atoms with Gasteiger partial charge in [0.25, 0.3) is 5.91 Å². The molecule has 1 aliphatic rings. The summed E-state index contributed by atoms with van der Waals surface area (Å²) in [5, 5.41) is 2.89. The molecule has 0 saturated carbocycles. The number of nitrogens with one attached hydrogen (secondary N) is 3.